The molecule has 0 radical (unpaired) electrons. The molecule has 0 aliphatic carbocycles. The Kier molecular flexibility index (Phi) is 9.72. The standard InChI is InChI=1S/C21H20Br4O6/c1-21(2,19-15(22)3-13(4-16(19)23)30-9-11(28)7-26)20-17(24)5-14(6-18(20)25)31-10-12(29)8-27/h3-6,26-27H,7-10H2,1-2H3. The Morgan fingerprint density at radius 1 is 0.742 bits per heavy atom. The van der Waals surface area contributed by atoms with Gasteiger partial charge in [0.15, 0.2) is 11.6 Å². The van der Waals surface area contributed by atoms with E-state index in [2.05, 4.69) is 63.7 Å². The molecule has 168 valence electrons. The van der Waals surface area contributed by atoms with Crippen LogP contribution in [0.1, 0.15) is 25.0 Å². The Morgan fingerprint density at radius 2 is 1.03 bits per heavy atom. The molecule has 0 atom stereocenters. The topological polar surface area (TPSA) is 93.1 Å². The maximum atomic E-state index is 11.3. The first-order valence-corrected chi connectivity index (χ1v) is 12.2. The van der Waals surface area contributed by atoms with E-state index in [9.17, 15) is 9.59 Å². The number of Topliss-reactive ketones (excluding diaryl/α,β-unsaturated/α-hetero) is 2. The van der Waals surface area contributed by atoms with Crippen LogP contribution in [-0.4, -0.2) is 48.2 Å². The fourth-order valence-electron chi connectivity index (χ4n) is 3.00. The summed E-state index contributed by atoms with van der Waals surface area (Å²) in [7, 11) is 0. The Bertz CT molecular complexity index is 866. The molecule has 0 amide bonds. The second kappa shape index (κ2) is 11.4. The summed E-state index contributed by atoms with van der Waals surface area (Å²) in [5.74, 6) is 0.145. The van der Waals surface area contributed by atoms with Gasteiger partial charge in [0.05, 0.1) is 0 Å². The first-order chi connectivity index (χ1) is 14.5. The van der Waals surface area contributed by atoms with Crippen molar-refractivity contribution >= 4 is 75.3 Å². The van der Waals surface area contributed by atoms with E-state index in [1.165, 1.54) is 0 Å². The van der Waals surface area contributed by atoms with Crippen molar-refractivity contribution in [1.82, 2.24) is 0 Å². The van der Waals surface area contributed by atoms with E-state index in [-0.39, 0.29) is 13.2 Å². The summed E-state index contributed by atoms with van der Waals surface area (Å²) in [6.45, 7) is 2.54. The number of benzene rings is 2. The molecule has 2 aromatic carbocycles. The molecule has 0 unspecified atom stereocenters. The zero-order valence-corrected chi connectivity index (χ0v) is 23.0. The molecular weight excluding hydrogens is 668 g/mol. The van der Waals surface area contributed by atoms with Gasteiger partial charge in [-0.05, 0) is 35.4 Å². The van der Waals surface area contributed by atoms with Crippen molar-refractivity contribution in [2.45, 2.75) is 19.3 Å². The summed E-state index contributed by atoms with van der Waals surface area (Å²) in [5, 5.41) is 17.7. The van der Waals surface area contributed by atoms with Gasteiger partial charge >= 0.3 is 0 Å². The van der Waals surface area contributed by atoms with Crippen LogP contribution < -0.4 is 9.47 Å². The zero-order chi connectivity index (χ0) is 23.3. The van der Waals surface area contributed by atoms with Crippen LogP contribution in [0.3, 0.4) is 0 Å². The fraction of sp³-hybridized carbons (Fsp3) is 0.333. The highest BCUT2D eigenvalue weighted by atomic mass is 79.9. The Hall–Kier alpha value is -0.780. The van der Waals surface area contributed by atoms with Crippen LogP contribution in [0.15, 0.2) is 42.2 Å². The molecule has 6 nitrogen and oxygen atoms in total. The van der Waals surface area contributed by atoms with E-state index in [1.807, 2.05) is 13.8 Å². The van der Waals surface area contributed by atoms with Crippen LogP contribution in [0, 0.1) is 0 Å². The number of aliphatic hydroxyl groups excluding tert-OH is 2. The van der Waals surface area contributed by atoms with Crippen molar-refractivity contribution in [3.05, 3.63) is 53.3 Å². The highest BCUT2D eigenvalue weighted by Crippen LogP contribution is 2.47. The number of ether oxygens (including phenoxy) is 2. The molecule has 0 aliphatic heterocycles. The Labute approximate surface area is 213 Å². The quantitative estimate of drug-likeness (QED) is 0.368. The average Bonchev–Trinajstić information content (AvgIpc) is 2.68. The number of hydrogen-bond acceptors (Lipinski definition) is 6. The number of ketones is 2. The molecule has 0 aromatic heterocycles. The van der Waals surface area contributed by atoms with Gasteiger partial charge in [-0.25, -0.2) is 0 Å². The lowest BCUT2D eigenvalue weighted by atomic mass is 9.78. The molecule has 0 aliphatic rings. The Balaban J connectivity index is 2.40. The number of hydrogen-bond donors (Lipinski definition) is 2. The largest absolute Gasteiger partial charge is 0.486 e. The first kappa shape index (κ1) is 26.5. The van der Waals surface area contributed by atoms with Crippen LogP contribution in [-0.2, 0) is 15.0 Å². The molecule has 2 N–H and O–H groups in total. The summed E-state index contributed by atoms with van der Waals surface area (Å²) in [6, 6.07) is 7.08. The minimum Gasteiger partial charge on any atom is -0.486 e. The van der Waals surface area contributed by atoms with Crippen LogP contribution in [0.4, 0.5) is 0 Å². The maximum absolute atomic E-state index is 11.3. The molecule has 0 saturated carbocycles. The maximum Gasteiger partial charge on any atom is 0.195 e. The fourth-order valence-corrected chi connectivity index (χ4v) is 7.28. The minimum atomic E-state index is -0.566. The van der Waals surface area contributed by atoms with E-state index in [0.29, 0.717) is 11.5 Å². The molecule has 0 fully saturated rings. The van der Waals surface area contributed by atoms with Crippen LogP contribution in [0.2, 0.25) is 0 Å². The van der Waals surface area contributed by atoms with Gasteiger partial charge < -0.3 is 19.7 Å². The molecule has 0 saturated heterocycles. The van der Waals surface area contributed by atoms with Crippen molar-refractivity contribution in [3.8, 4) is 11.5 Å². The van der Waals surface area contributed by atoms with Crippen molar-refractivity contribution in [2.75, 3.05) is 26.4 Å². The number of carbonyl (C=O) groups excluding carboxylic acids is 2. The lowest BCUT2D eigenvalue weighted by Crippen LogP contribution is -2.22. The third-order valence-electron chi connectivity index (χ3n) is 4.43. The molecule has 0 bridgehead atoms. The SMILES string of the molecule is CC(C)(c1c(Br)cc(OCC(=O)CO)cc1Br)c1c(Br)cc(OCC(=O)CO)cc1Br. The Morgan fingerprint density at radius 3 is 1.29 bits per heavy atom. The van der Waals surface area contributed by atoms with Gasteiger partial charge in [0.1, 0.15) is 37.9 Å². The van der Waals surface area contributed by atoms with Crippen LogP contribution >= 0.6 is 63.7 Å². The molecule has 10 heteroatoms. The third-order valence-corrected chi connectivity index (χ3v) is 6.94. The van der Waals surface area contributed by atoms with Crippen molar-refractivity contribution in [3.63, 3.8) is 0 Å². The van der Waals surface area contributed by atoms with Gasteiger partial charge in [-0.1, -0.05) is 77.6 Å². The summed E-state index contributed by atoms with van der Waals surface area (Å²) in [4.78, 5) is 22.6. The van der Waals surface area contributed by atoms with Crippen LogP contribution in [0.25, 0.3) is 0 Å². The summed E-state index contributed by atoms with van der Waals surface area (Å²) in [5.41, 5.74) is 1.38. The number of rotatable bonds is 10. The summed E-state index contributed by atoms with van der Waals surface area (Å²) < 4.78 is 14.0. The summed E-state index contributed by atoms with van der Waals surface area (Å²) in [6.07, 6.45) is 0. The predicted molar refractivity (Wildman–Crippen MR) is 131 cm³/mol. The van der Waals surface area contributed by atoms with Gasteiger partial charge in [0, 0.05) is 23.3 Å². The van der Waals surface area contributed by atoms with Gasteiger partial charge in [-0.2, -0.15) is 0 Å². The average molecular weight is 688 g/mol. The minimum absolute atomic E-state index is 0.213. The van der Waals surface area contributed by atoms with Gasteiger partial charge in [0.25, 0.3) is 0 Å². The molecular formula is C21H20Br4O6. The van der Waals surface area contributed by atoms with Gasteiger partial charge in [-0.3, -0.25) is 9.59 Å². The van der Waals surface area contributed by atoms with Crippen molar-refractivity contribution in [2.24, 2.45) is 0 Å². The van der Waals surface area contributed by atoms with E-state index < -0.39 is 30.2 Å². The van der Waals surface area contributed by atoms with Gasteiger partial charge in [0.2, 0.25) is 0 Å². The monoisotopic (exact) mass is 684 g/mol. The summed E-state index contributed by atoms with van der Waals surface area (Å²) >= 11 is 14.4. The van der Waals surface area contributed by atoms with E-state index >= 15 is 0 Å². The van der Waals surface area contributed by atoms with Crippen LogP contribution in [0.5, 0.6) is 11.5 Å². The normalized spacial score (nSPS) is 11.4. The second-order valence-electron chi connectivity index (χ2n) is 7.12. The highest BCUT2D eigenvalue weighted by Gasteiger charge is 2.32. The van der Waals surface area contributed by atoms with Crippen molar-refractivity contribution < 1.29 is 29.3 Å². The first-order valence-electron chi connectivity index (χ1n) is 9.01. The number of halogens is 4. The highest BCUT2D eigenvalue weighted by molar-refractivity contribution is 9.11. The molecule has 2 aromatic rings. The molecule has 0 spiro atoms. The smallest absolute Gasteiger partial charge is 0.195 e. The number of carbonyl (C=O) groups is 2. The van der Waals surface area contributed by atoms with Crippen molar-refractivity contribution in [1.29, 1.82) is 0 Å². The second-order valence-corrected chi connectivity index (χ2v) is 10.5. The predicted octanol–water partition coefficient (Wildman–Crippen LogP) is 4.94. The number of aliphatic hydroxyl groups is 2. The molecule has 31 heavy (non-hydrogen) atoms. The lowest BCUT2D eigenvalue weighted by Gasteiger charge is -2.31. The zero-order valence-electron chi connectivity index (χ0n) is 16.7. The third kappa shape index (κ3) is 6.61. The molecule has 2 rings (SSSR count). The van der Waals surface area contributed by atoms with E-state index in [1.54, 1.807) is 24.3 Å². The lowest BCUT2D eigenvalue weighted by molar-refractivity contribution is -0.124. The molecule has 0 heterocycles. The van der Waals surface area contributed by atoms with Gasteiger partial charge in [-0.15, -0.1) is 0 Å². The van der Waals surface area contributed by atoms with E-state index in [4.69, 9.17) is 19.7 Å². The van der Waals surface area contributed by atoms with E-state index in [0.717, 1.165) is 29.0 Å².